The summed E-state index contributed by atoms with van der Waals surface area (Å²) in [7, 11) is 3.97. The average molecular weight is 396 g/mol. The first-order valence-electron chi connectivity index (χ1n) is 8.87. The molecular weight excluding hydrogens is 379 g/mol. The van der Waals surface area contributed by atoms with Crippen LogP contribution in [0.1, 0.15) is 6.42 Å². The molecule has 1 aliphatic rings. The molecule has 7 nitrogen and oxygen atoms in total. The number of hydrogen-bond acceptors (Lipinski definition) is 6. The Hall–Kier alpha value is -3.07. The van der Waals surface area contributed by atoms with Gasteiger partial charge in [-0.05, 0) is 30.7 Å². The second kappa shape index (κ2) is 6.23. The van der Waals surface area contributed by atoms with E-state index in [1.165, 1.54) is 11.3 Å². The van der Waals surface area contributed by atoms with Crippen molar-refractivity contribution < 1.29 is 9.18 Å². The number of nitrogens with one attached hydrogen (secondary N) is 2. The minimum absolute atomic E-state index is 0.294. The molecule has 142 valence electrons. The Balaban J connectivity index is 1.52. The fraction of sp³-hybridized carbons (Fsp3) is 0.263. The standard InChI is InChI=1S/C19H17FN6OS/c1-26(2)15-6-3-9(11-8-21-25-16(11)15)13-4-5-14-18(22-13)28-19(23-14)24-17(27)10-7-12(10)20/h3-6,8,10,12H,7H2,1-2H3,(H,21,25)(H,23,24,27)/t10-,12+/m1/s1. The molecule has 1 fully saturated rings. The molecule has 1 aromatic carbocycles. The summed E-state index contributed by atoms with van der Waals surface area (Å²) in [6, 6.07) is 7.84. The van der Waals surface area contributed by atoms with Gasteiger partial charge in [-0.1, -0.05) is 11.3 Å². The summed E-state index contributed by atoms with van der Waals surface area (Å²) in [6.45, 7) is 0. The van der Waals surface area contributed by atoms with Gasteiger partial charge in [0, 0.05) is 25.0 Å². The van der Waals surface area contributed by atoms with Gasteiger partial charge < -0.3 is 10.2 Å². The summed E-state index contributed by atoms with van der Waals surface area (Å²) in [6.07, 6.45) is 1.06. The van der Waals surface area contributed by atoms with Crippen LogP contribution in [0.3, 0.4) is 0 Å². The molecule has 0 radical (unpaired) electrons. The average Bonchev–Trinajstić information content (AvgIpc) is 3.06. The van der Waals surface area contributed by atoms with Crippen LogP contribution >= 0.6 is 11.3 Å². The molecule has 5 rings (SSSR count). The summed E-state index contributed by atoms with van der Waals surface area (Å²) < 4.78 is 13.1. The van der Waals surface area contributed by atoms with Crippen molar-refractivity contribution in [3.05, 3.63) is 30.5 Å². The SMILES string of the molecule is CN(C)c1ccc(-c2ccc3nc(NC(=O)[C@@H]4C[C@@H]4F)sc3n2)c2cn[nH]c12. The van der Waals surface area contributed by atoms with E-state index in [4.69, 9.17) is 4.98 Å². The van der Waals surface area contributed by atoms with Gasteiger partial charge in [0.15, 0.2) is 5.13 Å². The molecule has 2 atom stereocenters. The molecular formula is C19H17FN6OS. The number of hydrogen-bond donors (Lipinski definition) is 2. The number of amides is 1. The number of halogens is 1. The molecule has 0 saturated heterocycles. The second-order valence-corrected chi connectivity index (χ2v) is 8.05. The van der Waals surface area contributed by atoms with Crippen molar-refractivity contribution in [1.29, 1.82) is 0 Å². The fourth-order valence-electron chi connectivity index (χ4n) is 3.27. The van der Waals surface area contributed by atoms with Crippen LogP contribution in [0.2, 0.25) is 0 Å². The van der Waals surface area contributed by atoms with Crippen molar-refractivity contribution in [1.82, 2.24) is 20.2 Å². The number of benzene rings is 1. The summed E-state index contributed by atoms with van der Waals surface area (Å²) in [5, 5.41) is 11.4. The molecule has 0 aliphatic heterocycles. The molecule has 0 bridgehead atoms. The van der Waals surface area contributed by atoms with Gasteiger partial charge in [-0.3, -0.25) is 9.89 Å². The van der Waals surface area contributed by atoms with Crippen LogP contribution in [-0.4, -0.2) is 46.3 Å². The molecule has 3 heterocycles. The van der Waals surface area contributed by atoms with Crippen molar-refractivity contribution in [3.63, 3.8) is 0 Å². The van der Waals surface area contributed by atoms with Crippen LogP contribution in [0.5, 0.6) is 0 Å². The van der Waals surface area contributed by atoms with Crippen LogP contribution in [-0.2, 0) is 4.79 Å². The fourth-order valence-corrected chi connectivity index (χ4v) is 4.11. The molecule has 0 unspecified atom stereocenters. The molecule has 1 amide bonds. The van der Waals surface area contributed by atoms with E-state index in [0.717, 1.165) is 27.8 Å². The Morgan fingerprint density at radius 1 is 1.29 bits per heavy atom. The lowest BCUT2D eigenvalue weighted by Gasteiger charge is -2.14. The zero-order valence-electron chi connectivity index (χ0n) is 15.2. The quantitative estimate of drug-likeness (QED) is 0.550. The van der Waals surface area contributed by atoms with Gasteiger partial charge in [-0.2, -0.15) is 5.10 Å². The Kier molecular flexibility index (Phi) is 3.80. The second-order valence-electron chi connectivity index (χ2n) is 7.07. The van der Waals surface area contributed by atoms with Crippen LogP contribution < -0.4 is 10.2 Å². The van der Waals surface area contributed by atoms with Crippen molar-refractivity contribution in [2.75, 3.05) is 24.3 Å². The van der Waals surface area contributed by atoms with Gasteiger partial charge in [0.2, 0.25) is 5.91 Å². The maximum absolute atomic E-state index is 13.1. The predicted molar refractivity (Wildman–Crippen MR) is 108 cm³/mol. The van der Waals surface area contributed by atoms with E-state index in [9.17, 15) is 9.18 Å². The van der Waals surface area contributed by atoms with E-state index >= 15 is 0 Å². The van der Waals surface area contributed by atoms with Gasteiger partial charge in [0.05, 0.1) is 29.0 Å². The van der Waals surface area contributed by atoms with E-state index in [1.807, 2.05) is 43.3 Å². The Labute approximate surface area is 163 Å². The van der Waals surface area contributed by atoms with Crippen molar-refractivity contribution in [2.24, 2.45) is 5.92 Å². The molecule has 0 spiro atoms. The largest absolute Gasteiger partial charge is 0.376 e. The first-order valence-corrected chi connectivity index (χ1v) is 9.69. The van der Waals surface area contributed by atoms with Crippen molar-refractivity contribution in [3.8, 4) is 11.3 Å². The third-order valence-corrected chi connectivity index (χ3v) is 5.77. The number of rotatable bonds is 4. The minimum atomic E-state index is -1.03. The first-order chi connectivity index (χ1) is 13.5. The molecule has 3 aromatic heterocycles. The van der Waals surface area contributed by atoms with E-state index < -0.39 is 12.1 Å². The predicted octanol–water partition coefficient (Wildman–Crippen LogP) is 3.60. The van der Waals surface area contributed by atoms with E-state index in [-0.39, 0.29) is 5.91 Å². The smallest absolute Gasteiger partial charge is 0.232 e. The van der Waals surface area contributed by atoms with Crippen molar-refractivity contribution >= 4 is 49.3 Å². The normalized spacial score (nSPS) is 18.5. The summed E-state index contributed by atoms with van der Waals surface area (Å²) in [5.41, 5.74) is 4.47. The number of alkyl halides is 1. The van der Waals surface area contributed by atoms with Gasteiger partial charge in [-0.25, -0.2) is 14.4 Å². The zero-order chi connectivity index (χ0) is 19.4. The van der Waals surface area contributed by atoms with Gasteiger partial charge in [0.1, 0.15) is 16.5 Å². The molecule has 28 heavy (non-hydrogen) atoms. The number of nitrogens with zero attached hydrogens (tertiary/aromatic N) is 4. The summed E-state index contributed by atoms with van der Waals surface area (Å²) in [4.78, 5) is 23.8. The highest BCUT2D eigenvalue weighted by atomic mass is 32.1. The van der Waals surface area contributed by atoms with E-state index in [1.54, 1.807) is 6.20 Å². The lowest BCUT2D eigenvalue weighted by atomic mass is 10.1. The highest BCUT2D eigenvalue weighted by Crippen LogP contribution is 2.36. The number of carbonyl (C=O) groups excluding carboxylic acids is 1. The van der Waals surface area contributed by atoms with Crippen LogP contribution in [0, 0.1) is 5.92 Å². The van der Waals surface area contributed by atoms with E-state index in [0.29, 0.717) is 21.9 Å². The molecule has 4 aromatic rings. The third kappa shape index (κ3) is 2.78. The number of H-pyrrole nitrogens is 1. The molecule has 9 heteroatoms. The molecule has 1 aliphatic carbocycles. The molecule has 2 N–H and O–H groups in total. The lowest BCUT2D eigenvalue weighted by Crippen LogP contribution is -2.14. The Morgan fingerprint density at radius 3 is 2.86 bits per heavy atom. The Morgan fingerprint density at radius 2 is 2.11 bits per heavy atom. The zero-order valence-corrected chi connectivity index (χ0v) is 16.0. The monoisotopic (exact) mass is 396 g/mol. The van der Waals surface area contributed by atoms with Gasteiger partial charge in [-0.15, -0.1) is 0 Å². The number of aromatic nitrogens is 4. The number of anilines is 2. The maximum Gasteiger partial charge on any atom is 0.232 e. The number of aromatic amines is 1. The van der Waals surface area contributed by atoms with Gasteiger partial charge >= 0.3 is 0 Å². The Bertz CT molecular complexity index is 1220. The minimum Gasteiger partial charge on any atom is -0.376 e. The number of pyridine rings is 1. The topological polar surface area (TPSA) is 86.8 Å². The van der Waals surface area contributed by atoms with Crippen molar-refractivity contribution in [2.45, 2.75) is 12.6 Å². The van der Waals surface area contributed by atoms with Gasteiger partial charge in [0.25, 0.3) is 0 Å². The number of carbonyl (C=O) groups is 1. The lowest BCUT2D eigenvalue weighted by molar-refractivity contribution is -0.117. The van der Waals surface area contributed by atoms with Crippen LogP contribution in [0.4, 0.5) is 15.2 Å². The van der Waals surface area contributed by atoms with Crippen LogP contribution in [0.25, 0.3) is 32.5 Å². The number of thiazole rings is 1. The molecule has 1 saturated carbocycles. The third-order valence-electron chi connectivity index (χ3n) is 4.89. The first kappa shape index (κ1) is 17.1. The van der Waals surface area contributed by atoms with Crippen LogP contribution in [0.15, 0.2) is 30.5 Å². The maximum atomic E-state index is 13.1. The highest BCUT2D eigenvalue weighted by Gasteiger charge is 2.43. The number of fused-ring (bicyclic) bond motifs is 2. The highest BCUT2D eigenvalue weighted by molar-refractivity contribution is 7.22. The van der Waals surface area contributed by atoms with E-state index in [2.05, 4.69) is 20.5 Å². The summed E-state index contributed by atoms with van der Waals surface area (Å²) in [5.74, 6) is -0.855. The summed E-state index contributed by atoms with van der Waals surface area (Å²) >= 11 is 1.29.